The number of benzene rings is 1. The van der Waals surface area contributed by atoms with Gasteiger partial charge in [-0.05, 0) is 42.1 Å². The van der Waals surface area contributed by atoms with Gasteiger partial charge in [0, 0.05) is 10.6 Å². The van der Waals surface area contributed by atoms with Crippen molar-refractivity contribution in [3.05, 3.63) is 82.1 Å². The van der Waals surface area contributed by atoms with Gasteiger partial charge in [-0.1, -0.05) is 24.3 Å². The fraction of sp³-hybridized carbons (Fsp3) is 0.100. The Balaban J connectivity index is 1.74. The number of rotatable bonds is 5. The Morgan fingerprint density at radius 2 is 1.88 bits per heavy atom. The molecule has 0 bridgehead atoms. The van der Waals surface area contributed by atoms with Gasteiger partial charge in [0.2, 0.25) is 0 Å². The van der Waals surface area contributed by atoms with Gasteiger partial charge < -0.3 is 9.73 Å². The molecule has 0 atom stereocenters. The topological polar surface area (TPSA) is 62.6 Å². The van der Waals surface area contributed by atoms with Crippen molar-refractivity contribution in [3.63, 3.8) is 0 Å². The number of carbonyl (C=O) groups excluding carboxylic acids is 2. The summed E-state index contributed by atoms with van der Waals surface area (Å²) in [6, 6.07) is 14.9. The molecule has 3 heterocycles. The van der Waals surface area contributed by atoms with Gasteiger partial charge in [-0.3, -0.25) is 14.5 Å². The number of para-hydroxylation sites is 1. The molecule has 0 fully saturated rings. The number of hydrogen-bond acceptors (Lipinski definition) is 5. The summed E-state index contributed by atoms with van der Waals surface area (Å²) < 4.78 is 5.31. The Morgan fingerprint density at radius 3 is 2.58 bits per heavy atom. The molecular weight excluding hydrogens is 348 g/mol. The van der Waals surface area contributed by atoms with Gasteiger partial charge in [-0.2, -0.15) is 0 Å². The fourth-order valence-electron chi connectivity index (χ4n) is 2.89. The van der Waals surface area contributed by atoms with Gasteiger partial charge in [0.05, 0.1) is 18.4 Å². The summed E-state index contributed by atoms with van der Waals surface area (Å²) >= 11 is 1.43. The number of thiophene rings is 1. The standard InChI is InChI=1S/C20H16N2O3S/c1-13-6-2-3-8-15(13)21-18-17(16-9-5-11-26-16)19(23)22(20(18)24)12-14-7-4-10-25-14/h2-11,21H,12H2,1H3. The molecule has 2 amide bonds. The van der Waals surface area contributed by atoms with Crippen LogP contribution in [-0.4, -0.2) is 16.7 Å². The van der Waals surface area contributed by atoms with Crippen LogP contribution >= 0.6 is 11.3 Å². The molecule has 6 heteroatoms. The van der Waals surface area contributed by atoms with E-state index >= 15 is 0 Å². The lowest BCUT2D eigenvalue weighted by Crippen LogP contribution is -2.31. The number of aryl methyl sites for hydroxylation is 1. The van der Waals surface area contributed by atoms with Gasteiger partial charge in [-0.25, -0.2) is 0 Å². The average Bonchev–Trinajstić information content (AvgIpc) is 3.37. The molecule has 1 aliphatic rings. The Morgan fingerprint density at radius 1 is 1.04 bits per heavy atom. The van der Waals surface area contributed by atoms with Gasteiger partial charge in [0.25, 0.3) is 11.8 Å². The van der Waals surface area contributed by atoms with E-state index in [1.807, 2.05) is 48.7 Å². The van der Waals surface area contributed by atoms with Crippen molar-refractivity contribution >= 4 is 34.4 Å². The maximum atomic E-state index is 13.0. The first kappa shape index (κ1) is 16.4. The molecule has 3 aromatic rings. The first-order valence-electron chi connectivity index (χ1n) is 8.14. The summed E-state index contributed by atoms with van der Waals surface area (Å²) in [5, 5.41) is 5.07. The molecule has 0 aliphatic carbocycles. The minimum Gasteiger partial charge on any atom is -0.467 e. The molecule has 26 heavy (non-hydrogen) atoms. The molecule has 0 unspecified atom stereocenters. The van der Waals surface area contributed by atoms with Crippen molar-refractivity contribution in [1.29, 1.82) is 0 Å². The van der Waals surface area contributed by atoms with Crippen LogP contribution in [0.5, 0.6) is 0 Å². The lowest BCUT2D eigenvalue weighted by Gasteiger charge is -2.14. The van der Waals surface area contributed by atoms with E-state index in [4.69, 9.17) is 4.42 Å². The third kappa shape index (κ3) is 2.84. The number of amides is 2. The summed E-state index contributed by atoms with van der Waals surface area (Å²) in [5.41, 5.74) is 2.51. The zero-order valence-electron chi connectivity index (χ0n) is 14.1. The van der Waals surface area contributed by atoms with Crippen molar-refractivity contribution in [2.75, 3.05) is 5.32 Å². The third-order valence-electron chi connectivity index (χ3n) is 4.23. The van der Waals surface area contributed by atoms with Crippen LogP contribution in [0.1, 0.15) is 16.2 Å². The van der Waals surface area contributed by atoms with Crippen LogP contribution in [0.3, 0.4) is 0 Å². The van der Waals surface area contributed by atoms with Crippen molar-refractivity contribution in [2.24, 2.45) is 0 Å². The lowest BCUT2D eigenvalue weighted by atomic mass is 10.1. The van der Waals surface area contributed by atoms with Crippen molar-refractivity contribution in [3.8, 4) is 0 Å². The van der Waals surface area contributed by atoms with Crippen LogP contribution in [0.2, 0.25) is 0 Å². The van der Waals surface area contributed by atoms with E-state index in [-0.39, 0.29) is 18.4 Å². The highest BCUT2D eigenvalue weighted by Gasteiger charge is 2.40. The second-order valence-corrected chi connectivity index (χ2v) is 6.89. The molecule has 0 spiro atoms. The number of carbonyl (C=O) groups is 2. The number of hydrogen-bond donors (Lipinski definition) is 1. The van der Waals surface area contributed by atoms with Crippen LogP contribution in [0.4, 0.5) is 5.69 Å². The first-order chi connectivity index (χ1) is 12.6. The van der Waals surface area contributed by atoms with Crippen LogP contribution < -0.4 is 5.32 Å². The van der Waals surface area contributed by atoms with E-state index < -0.39 is 0 Å². The highest BCUT2D eigenvalue weighted by molar-refractivity contribution is 7.11. The second-order valence-electron chi connectivity index (χ2n) is 5.94. The summed E-state index contributed by atoms with van der Waals surface area (Å²) in [6.45, 7) is 2.06. The van der Waals surface area contributed by atoms with Crippen molar-refractivity contribution in [2.45, 2.75) is 13.5 Å². The molecule has 1 aromatic carbocycles. The quantitative estimate of drug-likeness (QED) is 0.694. The summed E-state index contributed by atoms with van der Waals surface area (Å²) in [5.74, 6) is -0.0997. The summed E-state index contributed by atoms with van der Waals surface area (Å²) in [6.07, 6.45) is 1.53. The van der Waals surface area contributed by atoms with Gasteiger partial charge in [0.15, 0.2) is 0 Å². The van der Waals surface area contributed by atoms with Crippen molar-refractivity contribution in [1.82, 2.24) is 4.90 Å². The Hall–Kier alpha value is -3.12. The normalized spacial score (nSPS) is 14.4. The van der Waals surface area contributed by atoms with Crippen LogP contribution in [0.15, 0.2) is 70.3 Å². The monoisotopic (exact) mass is 364 g/mol. The molecule has 130 valence electrons. The van der Waals surface area contributed by atoms with Gasteiger partial charge in [0.1, 0.15) is 11.5 Å². The van der Waals surface area contributed by atoms with Gasteiger partial charge >= 0.3 is 0 Å². The minimum atomic E-state index is -0.349. The number of nitrogens with one attached hydrogen (secondary N) is 1. The SMILES string of the molecule is Cc1ccccc1NC1=C(c2cccs2)C(=O)N(Cc2ccco2)C1=O. The Bertz CT molecular complexity index is 988. The molecule has 2 aromatic heterocycles. The van der Waals surface area contributed by atoms with Crippen LogP contribution in [-0.2, 0) is 16.1 Å². The van der Waals surface area contributed by atoms with E-state index in [1.54, 1.807) is 12.1 Å². The Kier molecular flexibility index (Phi) is 4.18. The highest BCUT2D eigenvalue weighted by Crippen LogP contribution is 2.34. The maximum absolute atomic E-state index is 13.0. The molecule has 1 aliphatic heterocycles. The van der Waals surface area contributed by atoms with Crippen LogP contribution in [0, 0.1) is 6.92 Å². The zero-order valence-corrected chi connectivity index (χ0v) is 14.9. The first-order valence-corrected chi connectivity index (χ1v) is 9.02. The van der Waals surface area contributed by atoms with Crippen molar-refractivity contribution < 1.29 is 14.0 Å². The lowest BCUT2D eigenvalue weighted by molar-refractivity contribution is -0.137. The molecule has 4 rings (SSSR count). The second kappa shape index (κ2) is 6.65. The minimum absolute atomic E-state index is 0.110. The molecule has 1 N–H and O–H groups in total. The van der Waals surface area contributed by atoms with E-state index in [0.29, 0.717) is 17.0 Å². The van der Waals surface area contributed by atoms with E-state index in [2.05, 4.69) is 5.32 Å². The molecule has 0 saturated heterocycles. The number of nitrogens with zero attached hydrogens (tertiary/aromatic N) is 1. The highest BCUT2D eigenvalue weighted by atomic mass is 32.1. The predicted molar refractivity (Wildman–Crippen MR) is 100 cm³/mol. The number of imide groups is 1. The van der Waals surface area contributed by atoms with E-state index in [9.17, 15) is 9.59 Å². The fourth-order valence-corrected chi connectivity index (χ4v) is 3.66. The zero-order chi connectivity index (χ0) is 18.1. The van der Waals surface area contributed by atoms with Crippen LogP contribution in [0.25, 0.3) is 5.57 Å². The van der Waals surface area contributed by atoms with E-state index in [0.717, 1.165) is 16.1 Å². The smallest absolute Gasteiger partial charge is 0.278 e. The van der Waals surface area contributed by atoms with E-state index in [1.165, 1.54) is 22.5 Å². The predicted octanol–water partition coefficient (Wildman–Crippen LogP) is 4.04. The summed E-state index contributed by atoms with van der Waals surface area (Å²) in [4.78, 5) is 28.0. The number of anilines is 1. The Labute approximate surface area is 154 Å². The third-order valence-corrected chi connectivity index (χ3v) is 5.12. The molecular formula is C20H16N2O3S. The molecule has 0 radical (unpaired) electrons. The van der Waals surface area contributed by atoms with Gasteiger partial charge in [-0.15, -0.1) is 11.3 Å². The molecule has 5 nitrogen and oxygen atoms in total. The summed E-state index contributed by atoms with van der Waals surface area (Å²) in [7, 11) is 0. The number of furan rings is 1. The maximum Gasteiger partial charge on any atom is 0.278 e. The largest absolute Gasteiger partial charge is 0.467 e. The average molecular weight is 364 g/mol. The molecule has 0 saturated carbocycles.